The monoisotopic (exact) mass is 846 g/mol. The molecule has 0 saturated heterocycles. The van der Waals surface area contributed by atoms with Gasteiger partial charge in [-0.15, -0.1) is 27.1 Å². The summed E-state index contributed by atoms with van der Waals surface area (Å²) in [5, 5.41) is 24.0. The number of hydrogen-bond donors (Lipinski definition) is 11. The van der Waals surface area contributed by atoms with Gasteiger partial charge in [-0.05, 0) is 22.9 Å². The van der Waals surface area contributed by atoms with Gasteiger partial charge in [-0.2, -0.15) is 34.8 Å². The van der Waals surface area contributed by atoms with Crippen LogP contribution in [0.1, 0.15) is 0 Å². The molecule has 0 amide bonds. The molecule has 0 fully saturated rings. The van der Waals surface area contributed by atoms with Crippen LogP contribution in [0.25, 0.3) is 10.8 Å². The zero-order valence-corrected chi connectivity index (χ0v) is 28.5. The minimum atomic E-state index is -5.32. The minimum absolute atomic E-state index is 0. The van der Waals surface area contributed by atoms with E-state index in [1.165, 1.54) is 17.5 Å². The van der Waals surface area contributed by atoms with Crippen molar-refractivity contribution < 1.29 is 96.6 Å². The van der Waals surface area contributed by atoms with E-state index in [0.717, 1.165) is 10.8 Å². The molecule has 2 aromatic carbocycles. The first-order valence-electron chi connectivity index (χ1n) is 8.78. The predicted molar refractivity (Wildman–Crippen MR) is 154 cm³/mol. The van der Waals surface area contributed by atoms with Gasteiger partial charge in [0, 0.05) is 0 Å². The lowest BCUT2D eigenvalue weighted by molar-refractivity contribution is -0.742. The molecule has 0 aliphatic heterocycles. The molecule has 0 unspecified atom stereocenters. The van der Waals surface area contributed by atoms with E-state index in [4.69, 9.17) is 63.6 Å². The van der Waals surface area contributed by atoms with Crippen LogP contribution in [-0.2, 0) is 48.0 Å². The van der Waals surface area contributed by atoms with Gasteiger partial charge in [-0.1, -0.05) is 43.0 Å². The van der Waals surface area contributed by atoms with Crippen molar-refractivity contribution in [3.05, 3.63) is 52.6 Å². The maximum Gasteiger partial charge on any atom is 0.478 e. The Kier molecular flexibility index (Phi) is 25.9. The van der Waals surface area contributed by atoms with E-state index in [2.05, 4.69) is 16.9 Å². The molecule has 44 heavy (non-hydrogen) atoms. The van der Waals surface area contributed by atoms with Crippen molar-refractivity contribution in [3.8, 4) is 5.40 Å². The Morgan fingerprint density at radius 1 is 0.841 bits per heavy atom. The lowest BCUT2D eigenvalue weighted by atomic mass is 10.1. The van der Waals surface area contributed by atoms with E-state index in [1.54, 1.807) is 12.1 Å². The summed E-state index contributed by atoms with van der Waals surface area (Å²) < 4.78 is 115. The molecular formula is C12H22BrN2O22P3S4. The van der Waals surface area contributed by atoms with Crippen molar-refractivity contribution in [1.29, 1.82) is 5.26 Å². The molecule has 2 rings (SSSR count). The topological polar surface area (TPSA) is 432 Å². The van der Waals surface area contributed by atoms with Crippen LogP contribution < -0.4 is 0 Å². The number of fused-ring (bicyclic) bond motifs is 1. The largest absolute Gasteiger partial charge is 0.478 e. The van der Waals surface area contributed by atoms with Crippen LogP contribution in [0.2, 0.25) is 0 Å². The van der Waals surface area contributed by atoms with Crippen molar-refractivity contribution in [2.45, 2.75) is 4.90 Å². The Labute approximate surface area is 262 Å². The molecule has 24 nitrogen and oxygen atoms in total. The standard InChI is InChI=1S/C10H8O3S.CHNS.CH4O3S.BrH.HNO3.H4O7P2.H3O6PS/c11-14(12,13)10-6-5-8-3-1-2-4-9(8)7-10;2-1-3;1-5(2,3)4;;2-1(3)4;1-8(2,3)7-9(4,5)6;1-7(2,3)8(4,5)6/h1-7H,(H,11,12,13);3H;1H3,(H,2,3,4);1H;(H,2,3,4);(H2,1,2,3)(H2,4,5,6);(H2,1,2,3)(H,4,5,6). The molecule has 0 bridgehead atoms. The number of phosphoric acid groups is 2. The van der Waals surface area contributed by atoms with Crippen LogP contribution in [0.5, 0.6) is 0 Å². The summed E-state index contributed by atoms with van der Waals surface area (Å²) >= 11 is 3.09. The van der Waals surface area contributed by atoms with Crippen molar-refractivity contribution in [1.82, 2.24) is 0 Å². The number of benzene rings is 2. The van der Waals surface area contributed by atoms with Gasteiger partial charge < -0.3 is 34.6 Å². The highest BCUT2D eigenvalue weighted by Crippen LogP contribution is 2.53. The van der Waals surface area contributed by atoms with Crippen molar-refractivity contribution in [3.63, 3.8) is 0 Å². The molecule has 10 N–H and O–H groups in total. The van der Waals surface area contributed by atoms with Crippen molar-refractivity contribution >= 4 is 92.8 Å². The molecule has 0 aliphatic rings. The van der Waals surface area contributed by atoms with Gasteiger partial charge in [0.05, 0.1) is 11.2 Å². The lowest BCUT2D eigenvalue weighted by Crippen LogP contribution is -1.97. The Morgan fingerprint density at radius 2 is 1.11 bits per heavy atom. The molecule has 0 aliphatic carbocycles. The lowest BCUT2D eigenvalue weighted by Gasteiger charge is -2.03. The minimum Gasteiger partial charge on any atom is -0.328 e. The summed E-state index contributed by atoms with van der Waals surface area (Å²) in [5.74, 6) is 0. The quantitative estimate of drug-likeness (QED) is 0.0494. The molecule has 0 saturated carbocycles. The van der Waals surface area contributed by atoms with Gasteiger partial charge in [0.15, 0.2) is 0 Å². The number of halogens is 1. The molecule has 0 heterocycles. The number of thiocyanates is 1. The smallest absolute Gasteiger partial charge is 0.328 e. The first-order chi connectivity index (χ1) is 18.7. The maximum atomic E-state index is 10.8. The second-order valence-electron chi connectivity index (χ2n) is 6.06. The summed E-state index contributed by atoms with van der Waals surface area (Å²) in [6, 6.07) is 11.9. The fraction of sp³-hybridized carbons (Fsp3) is 0.0833. The molecule has 0 atom stereocenters. The van der Waals surface area contributed by atoms with Gasteiger partial charge in [-0.3, -0.25) is 13.7 Å². The summed E-state index contributed by atoms with van der Waals surface area (Å²) in [6.07, 6.45) is 0.715. The number of nitriles is 1. The second-order valence-corrected chi connectivity index (χ2v) is 16.4. The SMILES string of the molecule is Br.CS(=O)(=O)O.N#CS.O=P(O)(O)OP(=O)(O)O.O=P(O)(O)S(=O)(=O)O.O=S(=O)(O)c1ccc2ccccc2c1.O=[N+]([O-])O. The normalized spacial score (nSPS) is 11.1. The van der Waals surface area contributed by atoms with Gasteiger partial charge in [0.25, 0.3) is 25.3 Å². The van der Waals surface area contributed by atoms with Crippen LogP contribution in [0.15, 0.2) is 47.4 Å². The number of rotatable bonds is 4. The van der Waals surface area contributed by atoms with Crippen LogP contribution in [0.4, 0.5) is 0 Å². The third-order valence-electron chi connectivity index (χ3n) is 2.53. The van der Waals surface area contributed by atoms with Gasteiger partial charge in [0.1, 0.15) is 5.40 Å². The van der Waals surface area contributed by atoms with E-state index >= 15 is 0 Å². The predicted octanol–water partition coefficient (Wildman–Crippen LogP) is 0.373. The molecule has 2 aromatic rings. The molecule has 258 valence electrons. The first-order valence-corrected chi connectivity index (χ1v) is 19.2. The Hall–Kier alpha value is -1.64. The van der Waals surface area contributed by atoms with Crippen molar-refractivity contribution in [2.24, 2.45) is 0 Å². The van der Waals surface area contributed by atoms with Crippen LogP contribution in [0.3, 0.4) is 0 Å². The third kappa shape index (κ3) is 40.4. The van der Waals surface area contributed by atoms with E-state index in [9.17, 15) is 38.9 Å². The number of nitrogens with zero attached hydrogens (tertiary/aromatic N) is 2. The summed E-state index contributed by atoms with van der Waals surface area (Å²) in [6.45, 7) is -5.32. The summed E-state index contributed by atoms with van der Waals surface area (Å²) in [4.78, 5) is 54.5. The average molecular weight is 847 g/mol. The molecule has 0 radical (unpaired) electrons. The first kappa shape index (κ1) is 51.9. The van der Waals surface area contributed by atoms with Gasteiger partial charge >= 0.3 is 32.2 Å². The van der Waals surface area contributed by atoms with E-state index in [-0.39, 0.29) is 21.9 Å². The fourth-order valence-corrected chi connectivity index (χ4v) is 3.09. The molecule has 32 heteroatoms. The Balaban J connectivity index is -0.000000149. The highest BCUT2D eigenvalue weighted by Gasteiger charge is 2.31. The molecule has 0 aromatic heterocycles. The number of hydrogen-bond acceptors (Lipinski definition) is 14. The number of thiol groups is 1. The summed E-state index contributed by atoms with van der Waals surface area (Å²) in [5.41, 5.74) is 0. The van der Waals surface area contributed by atoms with Gasteiger partial charge in [-0.25, -0.2) is 13.7 Å². The Morgan fingerprint density at radius 3 is 1.32 bits per heavy atom. The third-order valence-corrected chi connectivity index (χ3v) is 7.49. The van der Waals surface area contributed by atoms with Crippen molar-refractivity contribution in [2.75, 3.05) is 6.26 Å². The fourth-order valence-electron chi connectivity index (χ4n) is 1.47. The summed E-state index contributed by atoms with van der Waals surface area (Å²) in [7, 11) is -23.0. The highest BCUT2D eigenvalue weighted by atomic mass is 79.9. The van der Waals surface area contributed by atoms with E-state index in [0.29, 0.717) is 6.26 Å². The Bertz CT molecular complexity index is 1660. The van der Waals surface area contributed by atoms with E-state index in [1.807, 2.05) is 18.2 Å². The average Bonchev–Trinajstić information content (AvgIpc) is 2.68. The second kappa shape index (κ2) is 22.0. The molecule has 0 spiro atoms. The van der Waals surface area contributed by atoms with Crippen LogP contribution in [0, 0.1) is 20.8 Å². The van der Waals surface area contributed by atoms with Crippen LogP contribution >= 0.6 is 52.1 Å². The zero-order valence-electron chi connectivity index (χ0n) is 20.7. The van der Waals surface area contributed by atoms with Crippen LogP contribution in [-0.4, -0.2) is 84.8 Å². The van der Waals surface area contributed by atoms with Gasteiger partial charge in [0.2, 0.25) is 0 Å². The molecular weight excluding hydrogens is 825 g/mol. The van der Waals surface area contributed by atoms with E-state index < -0.39 is 57.5 Å². The highest BCUT2D eigenvalue weighted by molar-refractivity contribution is 8.93. The maximum absolute atomic E-state index is 10.8. The zero-order chi connectivity index (χ0) is 35.7.